The number of hydrogen-bond acceptors (Lipinski definition) is 2. The molecule has 0 fully saturated rings. The Morgan fingerprint density at radius 2 is 1.83 bits per heavy atom. The molecule has 7 heteroatoms. The lowest BCUT2D eigenvalue weighted by atomic mass is 10.1. The van der Waals surface area contributed by atoms with Crippen LogP contribution in [0.25, 0.3) is 0 Å². The number of guanidine groups is 2. The van der Waals surface area contributed by atoms with Crippen molar-refractivity contribution in [2.75, 3.05) is 0 Å². The highest BCUT2D eigenvalue weighted by Gasteiger charge is 2.17. The summed E-state index contributed by atoms with van der Waals surface area (Å²) < 4.78 is 0. The van der Waals surface area contributed by atoms with E-state index >= 15 is 0 Å². The summed E-state index contributed by atoms with van der Waals surface area (Å²) in [5.41, 5.74) is 16.5. The van der Waals surface area contributed by atoms with E-state index in [-0.39, 0.29) is 18.3 Å². The van der Waals surface area contributed by atoms with Gasteiger partial charge in [-0.15, -0.1) is 0 Å². The van der Waals surface area contributed by atoms with E-state index in [1.54, 1.807) is 0 Å². The maximum Gasteiger partial charge on any atom is 0.328 e. The summed E-state index contributed by atoms with van der Waals surface area (Å²) in [5, 5.41) is 9.04. The van der Waals surface area contributed by atoms with E-state index in [1.165, 1.54) is 0 Å². The van der Waals surface area contributed by atoms with E-state index in [0.717, 1.165) is 5.56 Å². The average molecular weight is 249 g/mol. The zero-order valence-electron chi connectivity index (χ0n) is 9.65. The molecule has 1 aromatic carbocycles. The fraction of sp³-hybridized carbons (Fsp3) is 0.182. The van der Waals surface area contributed by atoms with Crippen LogP contribution in [0.4, 0.5) is 0 Å². The summed E-state index contributed by atoms with van der Waals surface area (Å²) in [6.07, 6.45) is 0.219. The molecule has 0 aromatic heterocycles. The van der Waals surface area contributed by atoms with E-state index in [2.05, 4.69) is 9.98 Å². The molecule has 0 aliphatic carbocycles. The first kappa shape index (κ1) is 13.5. The highest BCUT2D eigenvalue weighted by Crippen LogP contribution is 2.06. The molecule has 0 saturated heterocycles. The molecule has 0 amide bonds. The fourth-order valence-corrected chi connectivity index (χ4v) is 1.35. The van der Waals surface area contributed by atoms with Crippen LogP contribution in [-0.4, -0.2) is 29.0 Å². The van der Waals surface area contributed by atoms with Crippen molar-refractivity contribution >= 4 is 17.9 Å². The van der Waals surface area contributed by atoms with E-state index in [4.69, 9.17) is 22.3 Å². The van der Waals surface area contributed by atoms with Crippen LogP contribution in [0.15, 0.2) is 40.3 Å². The van der Waals surface area contributed by atoms with E-state index in [1.807, 2.05) is 30.3 Å². The molecule has 1 rings (SSSR count). The van der Waals surface area contributed by atoms with Crippen LogP contribution < -0.4 is 17.2 Å². The van der Waals surface area contributed by atoms with Crippen LogP contribution in [0.5, 0.6) is 0 Å². The Morgan fingerprint density at radius 1 is 1.22 bits per heavy atom. The molecule has 7 N–H and O–H groups in total. The lowest BCUT2D eigenvalue weighted by molar-refractivity contribution is -0.138. The average Bonchev–Trinajstić information content (AvgIpc) is 2.28. The van der Waals surface area contributed by atoms with Gasteiger partial charge >= 0.3 is 5.97 Å². The van der Waals surface area contributed by atoms with Gasteiger partial charge in [-0.3, -0.25) is 0 Å². The first-order chi connectivity index (χ1) is 8.49. The number of rotatable bonds is 4. The van der Waals surface area contributed by atoms with Crippen LogP contribution in [0.1, 0.15) is 5.56 Å². The van der Waals surface area contributed by atoms with Gasteiger partial charge in [0.2, 0.25) is 5.96 Å². The quantitative estimate of drug-likeness (QED) is 0.411. The number of hydrogen-bond donors (Lipinski definition) is 4. The molecule has 0 radical (unpaired) electrons. The molecule has 0 aliphatic rings. The zero-order valence-corrected chi connectivity index (χ0v) is 9.65. The molecule has 0 aliphatic heterocycles. The van der Waals surface area contributed by atoms with E-state index in [9.17, 15) is 4.79 Å². The first-order valence-electron chi connectivity index (χ1n) is 5.18. The largest absolute Gasteiger partial charge is 0.480 e. The SMILES string of the molecule is NC(N)=NC(N)=NC(Cc1ccccc1)C(=O)O. The summed E-state index contributed by atoms with van der Waals surface area (Å²) in [7, 11) is 0. The molecule has 0 heterocycles. The minimum atomic E-state index is -1.09. The normalized spacial score (nSPS) is 12.8. The van der Waals surface area contributed by atoms with Crippen LogP contribution in [0.3, 0.4) is 0 Å². The van der Waals surface area contributed by atoms with Crippen molar-refractivity contribution in [3.63, 3.8) is 0 Å². The summed E-state index contributed by atoms with van der Waals surface area (Å²) in [6, 6.07) is 8.07. The Kier molecular flexibility index (Phi) is 4.67. The number of carboxylic acids is 1. The van der Waals surface area contributed by atoms with Crippen molar-refractivity contribution in [2.45, 2.75) is 12.5 Å². The third kappa shape index (κ3) is 4.52. The Bertz CT molecular complexity index is 466. The van der Waals surface area contributed by atoms with Crippen LogP contribution >= 0.6 is 0 Å². The highest BCUT2D eigenvalue weighted by molar-refractivity contribution is 5.93. The molecular weight excluding hydrogens is 234 g/mol. The number of carbonyl (C=O) groups is 1. The smallest absolute Gasteiger partial charge is 0.328 e. The summed E-state index contributed by atoms with van der Waals surface area (Å²) in [4.78, 5) is 18.3. The molecule has 1 unspecified atom stereocenters. The number of nitrogens with zero attached hydrogens (tertiary/aromatic N) is 2. The monoisotopic (exact) mass is 249 g/mol. The number of carboxylic acid groups (broad SMARTS) is 1. The minimum Gasteiger partial charge on any atom is -0.480 e. The van der Waals surface area contributed by atoms with Crippen molar-refractivity contribution in [3.8, 4) is 0 Å². The number of aliphatic imine (C=N–C) groups is 2. The van der Waals surface area contributed by atoms with E-state index in [0.29, 0.717) is 0 Å². The second-order valence-electron chi connectivity index (χ2n) is 3.57. The number of benzene rings is 1. The molecule has 96 valence electrons. The molecule has 0 bridgehead atoms. The Balaban J connectivity index is 2.85. The van der Waals surface area contributed by atoms with Gasteiger partial charge in [-0.05, 0) is 5.56 Å². The van der Waals surface area contributed by atoms with Crippen molar-refractivity contribution in [1.82, 2.24) is 0 Å². The van der Waals surface area contributed by atoms with E-state index < -0.39 is 12.0 Å². The second-order valence-corrected chi connectivity index (χ2v) is 3.57. The lowest BCUT2D eigenvalue weighted by Crippen LogP contribution is -2.29. The Hall–Kier alpha value is -2.57. The summed E-state index contributed by atoms with van der Waals surface area (Å²) in [6.45, 7) is 0. The van der Waals surface area contributed by atoms with Gasteiger partial charge in [0.15, 0.2) is 12.0 Å². The van der Waals surface area contributed by atoms with Gasteiger partial charge in [0, 0.05) is 6.42 Å². The number of aliphatic carboxylic acids is 1. The Labute approximate surface area is 104 Å². The summed E-state index contributed by atoms with van der Waals surface area (Å²) >= 11 is 0. The van der Waals surface area contributed by atoms with Gasteiger partial charge in [-0.2, -0.15) is 4.99 Å². The van der Waals surface area contributed by atoms with Crippen molar-refractivity contribution in [2.24, 2.45) is 27.2 Å². The predicted molar refractivity (Wildman–Crippen MR) is 69.0 cm³/mol. The summed E-state index contributed by atoms with van der Waals surface area (Å²) in [5.74, 6) is -1.61. The van der Waals surface area contributed by atoms with Gasteiger partial charge in [-0.25, -0.2) is 9.79 Å². The fourth-order valence-electron chi connectivity index (χ4n) is 1.35. The highest BCUT2D eigenvalue weighted by atomic mass is 16.4. The molecular formula is C11H15N5O2. The van der Waals surface area contributed by atoms with Crippen molar-refractivity contribution < 1.29 is 9.90 Å². The molecule has 1 atom stereocenters. The molecule has 0 spiro atoms. The van der Waals surface area contributed by atoms with Gasteiger partial charge in [0.25, 0.3) is 0 Å². The molecule has 7 nitrogen and oxygen atoms in total. The van der Waals surface area contributed by atoms with Crippen LogP contribution in [0.2, 0.25) is 0 Å². The topological polar surface area (TPSA) is 140 Å². The number of nitrogens with two attached hydrogens (primary N) is 3. The zero-order chi connectivity index (χ0) is 13.5. The van der Waals surface area contributed by atoms with Crippen molar-refractivity contribution in [3.05, 3.63) is 35.9 Å². The van der Waals surface area contributed by atoms with Gasteiger partial charge in [-0.1, -0.05) is 30.3 Å². The van der Waals surface area contributed by atoms with Gasteiger partial charge in [0.05, 0.1) is 0 Å². The maximum atomic E-state index is 11.1. The predicted octanol–water partition coefficient (Wildman–Crippen LogP) is -0.730. The van der Waals surface area contributed by atoms with Crippen LogP contribution in [0, 0.1) is 0 Å². The third-order valence-electron chi connectivity index (χ3n) is 2.09. The van der Waals surface area contributed by atoms with Gasteiger partial charge < -0.3 is 22.3 Å². The minimum absolute atomic E-state index is 0.219. The molecule has 0 saturated carbocycles. The first-order valence-corrected chi connectivity index (χ1v) is 5.18. The second kappa shape index (κ2) is 6.24. The van der Waals surface area contributed by atoms with Gasteiger partial charge in [0.1, 0.15) is 0 Å². The van der Waals surface area contributed by atoms with Crippen LogP contribution in [-0.2, 0) is 11.2 Å². The molecule has 18 heavy (non-hydrogen) atoms. The lowest BCUT2D eigenvalue weighted by Gasteiger charge is -2.07. The Morgan fingerprint density at radius 3 is 2.33 bits per heavy atom. The molecule has 1 aromatic rings. The maximum absolute atomic E-state index is 11.1. The standard InChI is InChI=1S/C11H15N5O2/c12-10(13)16-11(14)15-8(9(17)18)6-7-4-2-1-3-5-7/h1-5,8H,6H2,(H,17,18)(H6,12,13,14,15,16). The van der Waals surface area contributed by atoms with Crippen molar-refractivity contribution in [1.29, 1.82) is 0 Å². The third-order valence-corrected chi connectivity index (χ3v) is 2.09.